The highest BCUT2D eigenvalue weighted by Crippen LogP contribution is 2.33. The van der Waals surface area contributed by atoms with Crippen LogP contribution in [0.4, 0.5) is 14.9 Å². The van der Waals surface area contributed by atoms with Crippen LogP contribution >= 0.6 is 0 Å². The Hall–Kier alpha value is -2.35. The van der Waals surface area contributed by atoms with Crippen molar-refractivity contribution in [2.45, 2.75) is 19.3 Å². The standard InChI is InChI=1S/C20H26FN3O4/c21-16-1-2-18-17(12-16)22-19(25)11-14-3-5-24(13-15(14)4-8-28-18)20(26)23-6-9-27-10-7-23/h1-2,12,14-15H,3-11,13H2,(H,22,25)/t14-,15-/m0/s1. The molecule has 3 aliphatic heterocycles. The maximum atomic E-state index is 13.5. The Morgan fingerprint density at radius 2 is 1.89 bits per heavy atom. The summed E-state index contributed by atoms with van der Waals surface area (Å²) in [5, 5.41) is 2.78. The largest absolute Gasteiger partial charge is 0.491 e. The van der Waals surface area contributed by atoms with Crippen LogP contribution in [-0.4, -0.2) is 67.7 Å². The number of rotatable bonds is 0. The fourth-order valence-corrected chi connectivity index (χ4v) is 4.29. The zero-order chi connectivity index (χ0) is 19.5. The number of urea groups is 1. The van der Waals surface area contributed by atoms with Gasteiger partial charge in [0.05, 0.1) is 25.5 Å². The smallest absolute Gasteiger partial charge is 0.320 e. The molecule has 1 aromatic carbocycles. The lowest BCUT2D eigenvalue weighted by atomic mass is 9.81. The van der Waals surface area contributed by atoms with Crippen molar-refractivity contribution in [2.75, 3.05) is 51.3 Å². The third kappa shape index (κ3) is 4.22. The highest BCUT2D eigenvalue weighted by Gasteiger charge is 2.35. The number of morpholine rings is 1. The Labute approximate surface area is 163 Å². The molecular weight excluding hydrogens is 365 g/mol. The van der Waals surface area contributed by atoms with Gasteiger partial charge in [-0.05, 0) is 36.8 Å². The molecule has 1 aromatic rings. The fraction of sp³-hybridized carbons (Fsp3) is 0.600. The summed E-state index contributed by atoms with van der Waals surface area (Å²) >= 11 is 0. The molecular formula is C20H26FN3O4. The van der Waals surface area contributed by atoms with Crippen LogP contribution in [0.1, 0.15) is 19.3 Å². The lowest BCUT2D eigenvalue weighted by Gasteiger charge is -2.41. The molecule has 152 valence electrons. The first kappa shape index (κ1) is 19.0. The van der Waals surface area contributed by atoms with E-state index in [9.17, 15) is 14.0 Å². The van der Waals surface area contributed by atoms with E-state index in [1.807, 2.05) is 9.80 Å². The van der Waals surface area contributed by atoms with Crippen molar-refractivity contribution in [3.63, 3.8) is 0 Å². The Bertz CT molecular complexity index is 738. The third-order valence-electron chi connectivity index (χ3n) is 5.85. The number of hydrogen-bond donors (Lipinski definition) is 1. The van der Waals surface area contributed by atoms with Crippen LogP contribution in [-0.2, 0) is 9.53 Å². The van der Waals surface area contributed by atoms with E-state index in [0.717, 1.165) is 12.8 Å². The number of nitrogens with one attached hydrogen (secondary N) is 1. The molecule has 7 nitrogen and oxygen atoms in total. The number of benzene rings is 1. The van der Waals surface area contributed by atoms with Crippen molar-refractivity contribution in [1.82, 2.24) is 9.80 Å². The van der Waals surface area contributed by atoms with Crippen LogP contribution in [0.2, 0.25) is 0 Å². The molecule has 2 fully saturated rings. The number of ether oxygens (including phenoxy) is 2. The lowest BCUT2D eigenvalue weighted by Crippen LogP contribution is -2.52. The monoisotopic (exact) mass is 391 g/mol. The second-order valence-electron chi connectivity index (χ2n) is 7.67. The first-order valence-electron chi connectivity index (χ1n) is 9.94. The van der Waals surface area contributed by atoms with Gasteiger partial charge in [-0.15, -0.1) is 0 Å². The summed E-state index contributed by atoms with van der Waals surface area (Å²) in [5.41, 5.74) is 0.378. The maximum Gasteiger partial charge on any atom is 0.320 e. The molecule has 0 spiro atoms. The number of carbonyl (C=O) groups is 2. The molecule has 1 N–H and O–H groups in total. The molecule has 3 aliphatic rings. The number of halogens is 1. The van der Waals surface area contributed by atoms with Gasteiger partial charge < -0.3 is 24.6 Å². The van der Waals surface area contributed by atoms with Crippen molar-refractivity contribution in [1.29, 1.82) is 0 Å². The van der Waals surface area contributed by atoms with Gasteiger partial charge in [0.1, 0.15) is 11.6 Å². The zero-order valence-electron chi connectivity index (χ0n) is 15.9. The van der Waals surface area contributed by atoms with E-state index in [4.69, 9.17) is 9.47 Å². The van der Waals surface area contributed by atoms with E-state index >= 15 is 0 Å². The fourth-order valence-electron chi connectivity index (χ4n) is 4.29. The molecule has 0 aliphatic carbocycles. The van der Waals surface area contributed by atoms with Crippen molar-refractivity contribution in [3.05, 3.63) is 24.0 Å². The van der Waals surface area contributed by atoms with Gasteiger partial charge in [0.15, 0.2) is 0 Å². The zero-order valence-corrected chi connectivity index (χ0v) is 15.9. The van der Waals surface area contributed by atoms with E-state index in [1.165, 1.54) is 12.1 Å². The van der Waals surface area contributed by atoms with Crippen LogP contribution in [0.5, 0.6) is 5.75 Å². The Morgan fingerprint density at radius 3 is 2.71 bits per heavy atom. The quantitative estimate of drug-likeness (QED) is 0.737. The van der Waals surface area contributed by atoms with Crippen LogP contribution in [0.15, 0.2) is 18.2 Å². The van der Waals surface area contributed by atoms with Crippen molar-refractivity contribution in [2.24, 2.45) is 11.8 Å². The first-order valence-corrected chi connectivity index (χ1v) is 9.94. The summed E-state index contributed by atoms with van der Waals surface area (Å²) in [5.74, 6) is 0.317. The molecule has 8 heteroatoms. The van der Waals surface area contributed by atoms with E-state index < -0.39 is 5.82 Å². The van der Waals surface area contributed by atoms with Crippen LogP contribution in [0.3, 0.4) is 0 Å². The minimum Gasteiger partial charge on any atom is -0.491 e. The normalized spacial score (nSPS) is 25.8. The van der Waals surface area contributed by atoms with E-state index in [2.05, 4.69) is 5.32 Å². The molecule has 0 aromatic heterocycles. The van der Waals surface area contributed by atoms with Gasteiger partial charge in [0.25, 0.3) is 0 Å². The molecule has 28 heavy (non-hydrogen) atoms. The van der Waals surface area contributed by atoms with Gasteiger partial charge in [0.2, 0.25) is 5.91 Å². The third-order valence-corrected chi connectivity index (χ3v) is 5.85. The maximum absolute atomic E-state index is 13.5. The Balaban J connectivity index is 1.44. The molecule has 0 radical (unpaired) electrons. The molecule has 3 amide bonds. The number of nitrogens with zero attached hydrogens (tertiary/aromatic N) is 2. The van der Waals surface area contributed by atoms with Gasteiger partial charge in [-0.1, -0.05) is 0 Å². The first-order chi connectivity index (χ1) is 13.6. The average Bonchev–Trinajstić information content (AvgIpc) is 2.70. The van der Waals surface area contributed by atoms with Crippen molar-refractivity contribution >= 4 is 17.6 Å². The van der Waals surface area contributed by atoms with Gasteiger partial charge in [-0.2, -0.15) is 0 Å². The summed E-state index contributed by atoms with van der Waals surface area (Å²) in [6, 6.07) is 4.21. The predicted octanol–water partition coefficient (Wildman–Crippen LogP) is 2.33. The predicted molar refractivity (Wildman–Crippen MR) is 101 cm³/mol. The highest BCUT2D eigenvalue weighted by molar-refractivity contribution is 5.92. The van der Waals surface area contributed by atoms with Gasteiger partial charge in [-0.3, -0.25) is 4.79 Å². The van der Waals surface area contributed by atoms with Crippen molar-refractivity contribution < 1.29 is 23.5 Å². The average molecular weight is 391 g/mol. The minimum absolute atomic E-state index is 0.0602. The van der Waals surface area contributed by atoms with E-state index in [-0.39, 0.29) is 23.8 Å². The van der Waals surface area contributed by atoms with Crippen LogP contribution < -0.4 is 10.1 Å². The number of fused-ring (bicyclic) bond motifs is 2. The molecule has 0 saturated carbocycles. The number of likely N-dealkylation sites (tertiary alicyclic amines) is 1. The second kappa shape index (κ2) is 8.34. The van der Waals surface area contributed by atoms with Crippen molar-refractivity contribution in [3.8, 4) is 5.75 Å². The highest BCUT2D eigenvalue weighted by atomic mass is 19.1. The topological polar surface area (TPSA) is 71.1 Å². The molecule has 0 bridgehead atoms. The SMILES string of the molecule is O=C1C[C@@H]2CCN(C(=O)N3CCOCC3)C[C@@H]2CCOc2ccc(F)cc2N1. The number of piperidine rings is 1. The minimum atomic E-state index is -0.410. The van der Waals surface area contributed by atoms with E-state index in [1.54, 1.807) is 6.07 Å². The number of anilines is 1. The summed E-state index contributed by atoms with van der Waals surface area (Å²) in [6.45, 7) is 4.17. The summed E-state index contributed by atoms with van der Waals surface area (Å²) in [6.07, 6.45) is 1.91. The van der Waals surface area contributed by atoms with E-state index in [0.29, 0.717) is 63.9 Å². The lowest BCUT2D eigenvalue weighted by molar-refractivity contribution is -0.118. The van der Waals surface area contributed by atoms with Crippen LogP contribution in [0, 0.1) is 17.7 Å². The molecule has 4 rings (SSSR count). The molecule has 0 unspecified atom stereocenters. The molecule has 2 saturated heterocycles. The molecule has 3 heterocycles. The second-order valence-corrected chi connectivity index (χ2v) is 7.67. The number of hydrogen-bond acceptors (Lipinski definition) is 4. The number of amides is 3. The van der Waals surface area contributed by atoms with Crippen LogP contribution in [0.25, 0.3) is 0 Å². The van der Waals surface area contributed by atoms with Gasteiger partial charge >= 0.3 is 6.03 Å². The molecule has 2 atom stereocenters. The Morgan fingerprint density at radius 1 is 1.07 bits per heavy atom. The summed E-state index contributed by atoms with van der Waals surface area (Å²) in [7, 11) is 0. The summed E-state index contributed by atoms with van der Waals surface area (Å²) < 4.78 is 24.7. The van der Waals surface area contributed by atoms with Gasteiger partial charge in [-0.25, -0.2) is 9.18 Å². The summed E-state index contributed by atoms with van der Waals surface area (Å²) in [4.78, 5) is 29.1. The number of carbonyl (C=O) groups excluding carboxylic acids is 2. The van der Waals surface area contributed by atoms with Gasteiger partial charge in [0, 0.05) is 38.7 Å². The Kier molecular flexibility index (Phi) is 5.66.